The largest absolute Gasteiger partial charge is 0.479 e. The van der Waals surface area contributed by atoms with Crippen LogP contribution in [-0.4, -0.2) is 34.8 Å². The van der Waals surface area contributed by atoms with E-state index in [1.165, 1.54) is 12.8 Å². The SMILES string of the molecule is O=C(O)C1(OCC2CC2)CCCSC1. The molecule has 0 amide bonds. The highest BCUT2D eigenvalue weighted by Gasteiger charge is 2.42. The van der Waals surface area contributed by atoms with Gasteiger partial charge in [-0.15, -0.1) is 0 Å². The van der Waals surface area contributed by atoms with Gasteiger partial charge in [0.15, 0.2) is 5.60 Å². The average Bonchev–Trinajstić information content (AvgIpc) is 2.99. The van der Waals surface area contributed by atoms with E-state index in [9.17, 15) is 9.90 Å². The van der Waals surface area contributed by atoms with Crippen molar-refractivity contribution in [1.82, 2.24) is 0 Å². The minimum atomic E-state index is -0.870. The number of carboxylic acids is 1. The molecule has 1 atom stereocenters. The maximum absolute atomic E-state index is 11.2. The second-order valence-corrected chi connectivity index (χ2v) is 5.32. The quantitative estimate of drug-likeness (QED) is 0.778. The second kappa shape index (κ2) is 4.11. The normalized spacial score (nSPS) is 32.9. The molecule has 0 radical (unpaired) electrons. The molecule has 14 heavy (non-hydrogen) atoms. The summed E-state index contributed by atoms with van der Waals surface area (Å²) in [6.07, 6.45) is 4.06. The predicted octanol–water partition coefficient (Wildman–Crippen LogP) is 1.76. The van der Waals surface area contributed by atoms with Crippen LogP contribution in [0.15, 0.2) is 0 Å². The van der Waals surface area contributed by atoms with E-state index in [0.29, 0.717) is 24.7 Å². The highest BCUT2D eigenvalue weighted by molar-refractivity contribution is 7.99. The van der Waals surface area contributed by atoms with Gasteiger partial charge in [0.1, 0.15) is 0 Å². The maximum Gasteiger partial charge on any atom is 0.336 e. The summed E-state index contributed by atoms with van der Waals surface area (Å²) >= 11 is 1.70. The number of thioether (sulfide) groups is 1. The molecule has 0 aromatic heterocycles. The number of aliphatic carboxylic acids is 1. The van der Waals surface area contributed by atoms with Gasteiger partial charge in [-0.3, -0.25) is 0 Å². The van der Waals surface area contributed by atoms with Crippen LogP contribution in [0.1, 0.15) is 25.7 Å². The Morgan fingerprint density at radius 1 is 1.57 bits per heavy atom. The van der Waals surface area contributed by atoms with E-state index < -0.39 is 11.6 Å². The average molecular weight is 216 g/mol. The van der Waals surface area contributed by atoms with E-state index in [0.717, 1.165) is 12.2 Å². The molecule has 0 aromatic carbocycles. The number of ether oxygens (including phenoxy) is 1. The summed E-state index contributed by atoms with van der Waals surface area (Å²) < 4.78 is 5.64. The molecule has 4 heteroatoms. The van der Waals surface area contributed by atoms with Gasteiger partial charge in [-0.1, -0.05) is 0 Å². The minimum Gasteiger partial charge on any atom is -0.479 e. The zero-order valence-electron chi connectivity index (χ0n) is 8.20. The van der Waals surface area contributed by atoms with Crippen molar-refractivity contribution in [2.75, 3.05) is 18.1 Å². The lowest BCUT2D eigenvalue weighted by atomic mass is 10.00. The van der Waals surface area contributed by atoms with Crippen LogP contribution in [0.4, 0.5) is 0 Å². The van der Waals surface area contributed by atoms with Crippen LogP contribution < -0.4 is 0 Å². The predicted molar refractivity (Wildman–Crippen MR) is 55.6 cm³/mol. The Labute approximate surface area is 88.2 Å². The third-order valence-electron chi connectivity index (χ3n) is 2.89. The Kier molecular flexibility index (Phi) is 3.02. The number of rotatable bonds is 4. The van der Waals surface area contributed by atoms with Crippen LogP contribution in [-0.2, 0) is 9.53 Å². The molecule has 3 nitrogen and oxygen atoms in total. The Hall–Kier alpha value is -0.220. The third-order valence-corrected chi connectivity index (χ3v) is 4.13. The molecule has 80 valence electrons. The zero-order valence-corrected chi connectivity index (χ0v) is 9.02. The van der Waals surface area contributed by atoms with Crippen LogP contribution in [0, 0.1) is 5.92 Å². The molecule has 1 unspecified atom stereocenters. The number of carbonyl (C=O) groups is 1. The Bertz CT molecular complexity index is 219. The van der Waals surface area contributed by atoms with Gasteiger partial charge >= 0.3 is 5.97 Å². The van der Waals surface area contributed by atoms with Crippen molar-refractivity contribution in [1.29, 1.82) is 0 Å². The van der Waals surface area contributed by atoms with Gasteiger partial charge in [0.05, 0.1) is 6.61 Å². The van der Waals surface area contributed by atoms with E-state index in [2.05, 4.69) is 0 Å². The summed E-state index contributed by atoms with van der Waals surface area (Å²) in [7, 11) is 0. The van der Waals surface area contributed by atoms with Crippen molar-refractivity contribution in [3.63, 3.8) is 0 Å². The first-order valence-electron chi connectivity index (χ1n) is 5.18. The monoisotopic (exact) mass is 216 g/mol. The Balaban J connectivity index is 1.92. The lowest BCUT2D eigenvalue weighted by Gasteiger charge is -2.32. The summed E-state index contributed by atoms with van der Waals surface area (Å²) in [4.78, 5) is 11.2. The second-order valence-electron chi connectivity index (χ2n) is 4.21. The summed E-state index contributed by atoms with van der Waals surface area (Å²) in [6.45, 7) is 0.646. The van der Waals surface area contributed by atoms with E-state index in [4.69, 9.17) is 4.74 Å². The molecule has 2 fully saturated rings. The van der Waals surface area contributed by atoms with Gasteiger partial charge in [-0.05, 0) is 37.4 Å². The lowest BCUT2D eigenvalue weighted by Crippen LogP contribution is -2.46. The maximum atomic E-state index is 11.2. The highest BCUT2D eigenvalue weighted by atomic mass is 32.2. The molecule has 1 saturated carbocycles. The van der Waals surface area contributed by atoms with Crippen molar-refractivity contribution in [3.8, 4) is 0 Å². The Morgan fingerprint density at radius 2 is 2.36 bits per heavy atom. The van der Waals surface area contributed by atoms with E-state index in [-0.39, 0.29) is 0 Å². The topological polar surface area (TPSA) is 46.5 Å². The summed E-state index contributed by atoms with van der Waals surface area (Å²) in [6, 6.07) is 0. The molecule has 0 spiro atoms. The summed E-state index contributed by atoms with van der Waals surface area (Å²) in [5.74, 6) is 1.56. The van der Waals surface area contributed by atoms with Crippen molar-refractivity contribution in [2.45, 2.75) is 31.3 Å². The van der Waals surface area contributed by atoms with Gasteiger partial charge in [0.25, 0.3) is 0 Å². The van der Waals surface area contributed by atoms with Crippen LogP contribution in [0.3, 0.4) is 0 Å². The van der Waals surface area contributed by atoms with Crippen LogP contribution in [0.25, 0.3) is 0 Å². The summed E-state index contributed by atoms with van der Waals surface area (Å²) in [5.41, 5.74) is -0.870. The van der Waals surface area contributed by atoms with Crippen molar-refractivity contribution in [2.24, 2.45) is 5.92 Å². The fraction of sp³-hybridized carbons (Fsp3) is 0.900. The van der Waals surface area contributed by atoms with Gasteiger partial charge in [-0.25, -0.2) is 4.79 Å². The first-order valence-corrected chi connectivity index (χ1v) is 6.33. The molecule has 0 bridgehead atoms. The van der Waals surface area contributed by atoms with Crippen molar-refractivity contribution < 1.29 is 14.6 Å². The van der Waals surface area contributed by atoms with Crippen molar-refractivity contribution >= 4 is 17.7 Å². The van der Waals surface area contributed by atoms with Crippen molar-refractivity contribution in [3.05, 3.63) is 0 Å². The van der Waals surface area contributed by atoms with Crippen LogP contribution in [0.5, 0.6) is 0 Å². The fourth-order valence-corrected chi connectivity index (χ4v) is 2.85. The third kappa shape index (κ3) is 2.23. The molecule has 1 heterocycles. The molecule has 2 aliphatic rings. The first kappa shape index (κ1) is 10.3. The minimum absolute atomic E-state index is 0.620. The molecular formula is C10H16O3S. The first-order chi connectivity index (χ1) is 6.73. The molecular weight excluding hydrogens is 200 g/mol. The summed E-state index contributed by atoms with van der Waals surface area (Å²) in [5, 5.41) is 9.18. The standard InChI is InChI=1S/C10H16O3S/c11-9(12)10(4-1-5-14-7-10)13-6-8-2-3-8/h8H,1-7H2,(H,11,12). The zero-order chi connectivity index (χ0) is 10.0. The number of hydrogen-bond acceptors (Lipinski definition) is 3. The molecule has 1 saturated heterocycles. The van der Waals surface area contributed by atoms with Gasteiger partial charge in [0.2, 0.25) is 0 Å². The molecule has 1 aliphatic heterocycles. The van der Waals surface area contributed by atoms with Gasteiger partial charge < -0.3 is 9.84 Å². The smallest absolute Gasteiger partial charge is 0.336 e. The number of hydrogen-bond donors (Lipinski definition) is 1. The van der Waals surface area contributed by atoms with Gasteiger partial charge in [0, 0.05) is 5.75 Å². The van der Waals surface area contributed by atoms with Gasteiger partial charge in [-0.2, -0.15) is 11.8 Å². The molecule has 1 aliphatic carbocycles. The van der Waals surface area contributed by atoms with E-state index >= 15 is 0 Å². The highest BCUT2D eigenvalue weighted by Crippen LogP contribution is 2.35. The Morgan fingerprint density at radius 3 is 2.86 bits per heavy atom. The molecule has 0 aromatic rings. The fourth-order valence-electron chi connectivity index (χ4n) is 1.68. The van der Waals surface area contributed by atoms with Crippen LogP contribution >= 0.6 is 11.8 Å². The van der Waals surface area contributed by atoms with E-state index in [1.807, 2.05) is 0 Å². The van der Waals surface area contributed by atoms with E-state index in [1.54, 1.807) is 11.8 Å². The number of carboxylic acid groups (broad SMARTS) is 1. The van der Waals surface area contributed by atoms with Crippen LogP contribution in [0.2, 0.25) is 0 Å². The lowest BCUT2D eigenvalue weighted by molar-refractivity contribution is -0.164. The molecule has 2 rings (SSSR count). The molecule has 1 N–H and O–H groups in total.